The van der Waals surface area contributed by atoms with Gasteiger partial charge in [-0.25, -0.2) is 9.59 Å². The smallest absolute Gasteiger partial charge is 0.410 e. The molecule has 3 amide bonds. The summed E-state index contributed by atoms with van der Waals surface area (Å²) in [5, 5.41) is 5.40. The quantitative estimate of drug-likeness (QED) is 0.747. The Labute approximate surface area is 180 Å². The van der Waals surface area contributed by atoms with Gasteiger partial charge in [0.05, 0.1) is 0 Å². The van der Waals surface area contributed by atoms with Gasteiger partial charge in [0.2, 0.25) is 0 Å². The third-order valence-electron chi connectivity index (χ3n) is 5.84. The molecule has 1 aliphatic heterocycles. The van der Waals surface area contributed by atoms with Crippen molar-refractivity contribution in [3.63, 3.8) is 0 Å². The van der Waals surface area contributed by atoms with Crippen LogP contribution in [0.4, 0.5) is 9.59 Å². The van der Waals surface area contributed by atoms with Crippen molar-refractivity contribution in [1.82, 2.24) is 20.4 Å². The largest absolute Gasteiger partial charge is 0.444 e. The topological polar surface area (TPSA) is 73.9 Å². The number of hydrogen-bond acceptors (Lipinski definition) is 4. The maximum Gasteiger partial charge on any atom is 0.410 e. The number of ether oxygens (including phenoxy) is 1. The van der Waals surface area contributed by atoms with Crippen LogP contribution in [-0.2, 0) is 4.74 Å². The first-order chi connectivity index (χ1) is 14.3. The summed E-state index contributed by atoms with van der Waals surface area (Å²) in [5.41, 5.74) is 0.798. The lowest BCUT2D eigenvalue weighted by Crippen LogP contribution is -2.51. The van der Waals surface area contributed by atoms with E-state index in [9.17, 15) is 9.59 Å². The van der Waals surface area contributed by atoms with Crippen molar-refractivity contribution < 1.29 is 14.3 Å². The lowest BCUT2D eigenvalue weighted by atomic mass is 10.0. The monoisotopic (exact) mass is 416 g/mol. The van der Waals surface area contributed by atoms with Gasteiger partial charge in [-0.15, -0.1) is 0 Å². The van der Waals surface area contributed by atoms with E-state index in [1.807, 2.05) is 31.7 Å². The number of likely N-dealkylation sites (tertiary alicyclic amines) is 1. The van der Waals surface area contributed by atoms with Crippen LogP contribution in [0.25, 0.3) is 0 Å². The average Bonchev–Trinajstić information content (AvgIpc) is 3.49. The predicted octanol–water partition coefficient (Wildman–Crippen LogP) is 3.17. The first kappa shape index (κ1) is 22.4. The van der Waals surface area contributed by atoms with E-state index in [0.717, 1.165) is 38.9 Å². The van der Waals surface area contributed by atoms with Gasteiger partial charge in [-0.05, 0) is 45.6 Å². The van der Waals surface area contributed by atoms with Gasteiger partial charge in [-0.3, -0.25) is 0 Å². The number of piperidine rings is 1. The van der Waals surface area contributed by atoms with Gasteiger partial charge in [0.25, 0.3) is 0 Å². The zero-order chi connectivity index (χ0) is 21.7. The van der Waals surface area contributed by atoms with Crippen LogP contribution in [-0.4, -0.2) is 72.8 Å². The van der Waals surface area contributed by atoms with Crippen molar-refractivity contribution in [1.29, 1.82) is 0 Å². The molecule has 0 radical (unpaired) electrons. The molecule has 0 bridgehead atoms. The molecule has 7 nitrogen and oxygen atoms in total. The van der Waals surface area contributed by atoms with Gasteiger partial charge < -0.3 is 25.2 Å². The molecule has 30 heavy (non-hydrogen) atoms. The summed E-state index contributed by atoms with van der Waals surface area (Å²) in [4.78, 5) is 28.8. The highest BCUT2D eigenvalue weighted by Gasteiger charge is 2.48. The van der Waals surface area contributed by atoms with Crippen LogP contribution in [0.1, 0.15) is 51.5 Å². The molecule has 2 aliphatic rings. The number of carbonyl (C=O) groups excluding carboxylic acids is 2. The molecule has 2 atom stereocenters. The van der Waals surface area contributed by atoms with Crippen molar-refractivity contribution in [2.45, 2.75) is 63.6 Å². The van der Waals surface area contributed by atoms with Crippen LogP contribution in [0.3, 0.4) is 0 Å². The summed E-state index contributed by atoms with van der Waals surface area (Å²) in [5.74, 6) is 0.397. The van der Waals surface area contributed by atoms with E-state index in [0.29, 0.717) is 12.5 Å². The van der Waals surface area contributed by atoms with Gasteiger partial charge in [-0.1, -0.05) is 30.3 Å². The van der Waals surface area contributed by atoms with E-state index >= 15 is 0 Å². The third-order valence-corrected chi connectivity index (χ3v) is 5.84. The highest BCUT2D eigenvalue weighted by molar-refractivity contribution is 5.73. The molecule has 1 aromatic rings. The highest BCUT2D eigenvalue weighted by Crippen LogP contribution is 2.46. The number of carbonyl (C=O) groups is 2. The fourth-order valence-corrected chi connectivity index (χ4v) is 4.25. The Hall–Kier alpha value is -2.28. The van der Waals surface area contributed by atoms with Gasteiger partial charge in [0.1, 0.15) is 5.60 Å². The number of urea groups is 1. The summed E-state index contributed by atoms with van der Waals surface area (Å²) < 4.78 is 5.79. The summed E-state index contributed by atoms with van der Waals surface area (Å²) >= 11 is 0. The maximum absolute atomic E-state index is 13.1. The zero-order valence-electron chi connectivity index (χ0n) is 18.7. The lowest BCUT2D eigenvalue weighted by Gasteiger charge is -2.39. The highest BCUT2D eigenvalue weighted by atomic mass is 16.6. The van der Waals surface area contributed by atoms with Crippen LogP contribution in [0.2, 0.25) is 0 Å². The average molecular weight is 417 g/mol. The minimum Gasteiger partial charge on any atom is -0.444 e. The second kappa shape index (κ2) is 9.69. The Morgan fingerprint density at radius 2 is 1.83 bits per heavy atom. The first-order valence-electron chi connectivity index (χ1n) is 11.0. The maximum atomic E-state index is 13.1. The number of hydrogen-bond donors (Lipinski definition) is 2. The minimum absolute atomic E-state index is 0.151. The van der Waals surface area contributed by atoms with E-state index < -0.39 is 5.60 Å². The molecule has 1 aliphatic carbocycles. The SMILES string of the molecule is CNC(=O)NCCN1CCC(N(C(=O)OC(C)(C)C)[C@@H]2C[C@H]2c2ccccc2)CC1. The summed E-state index contributed by atoms with van der Waals surface area (Å²) in [6.45, 7) is 9.05. The Kier molecular flexibility index (Phi) is 7.23. The van der Waals surface area contributed by atoms with E-state index in [4.69, 9.17) is 4.74 Å². The minimum atomic E-state index is -0.501. The van der Waals surface area contributed by atoms with E-state index in [-0.39, 0.29) is 24.2 Å². The fraction of sp³-hybridized carbons (Fsp3) is 0.652. The number of nitrogens with zero attached hydrogens (tertiary/aromatic N) is 2. The van der Waals surface area contributed by atoms with Crippen molar-refractivity contribution >= 4 is 12.1 Å². The molecule has 0 spiro atoms. The molecule has 0 aromatic heterocycles. The van der Waals surface area contributed by atoms with Crippen molar-refractivity contribution in [2.75, 3.05) is 33.2 Å². The summed E-state index contributed by atoms with van der Waals surface area (Å²) in [6.07, 6.45) is 2.67. The lowest BCUT2D eigenvalue weighted by molar-refractivity contribution is 0.00536. The Bertz CT molecular complexity index is 711. The van der Waals surface area contributed by atoms with Crippen LogP contribution in [0.15, 0.2) is 30.3 Å². The van der Waals surface area contributed by atoms with E-state index in [2.05, 4.69) is 39.8 Å². The normalized spacial score (nSPS) is 22.3. The second-order valence-electron chi connectivity index (χ2n) is 9.29. The van der Waals surface area contributed by atoms with E-state index in [1.165, 1.54) is 5.56 Å². The van der Waals surface area contributed by atoms with Crippen LogP contribution < -0.4 is 10.6 Å². The molecule has 2 N–H and O–H groups in total. The van der Waals surface area contributed by atoms with Gasteiger partial charge in [0, 0.05) is 51.2 Å². The summed E-state index contributed by atoms with van der Waals surface area (Å²) in [6, 6.07) is 10.7. The molecule has 166 valence electrons. The molecule has 7 heteroatoms. The molecule has 1 saturated carbocycles. The fourth-order valence-electron chi connectivity index (χ4n) is 4.25. The number of amides is 3. The molecule has 1 saturated heterocycles. The van der Waals surface area contributed by atoms with Gasteiger partial charge in [-0.2, -0.15) is 0 Å². The molecule has 1 heterocycles. The van der Waals surface area contributed by atoms with Crippen LogP contribution >= 0.6 is 0 Å². The number of nitrogens with one attached hydrogen (secondary N) is 2. The van der Waals surface area contributed by atoms with E-state index in [1.54, 1.807) is 7.05 Å². The Morgan fingerprint density at radius 1 is 1.17 bits per heavy atom. The number of benzene rings is 1. The number of rotatable bonds is 6. The third kappa shape index (κ3) is 6.11. The van der Waals surface area contributed by atoms with Crippen LogP contribution in [0.5, 0.6) is 0 Å². The predicted molar refractivity (Wildman–Crippen MR) is 118 cm³/mol. The Morgan fingerprint density at radius 3 is 2.43 bits per heavy atom. The first-order valence-corrected chi connectivity index (χ1v) is 11.0. The van der Waals surface area contributed by atoms with Crippen molar-refractivity contribution in [2.24, 2.45) is 0 Å². The summed E-state index contributed by atoms with van der Waals surface area (Å²) in [7, 11) is 1.62. The molecule has 2 fully saturated rings. The zero-order valence-corrected chi connectivity index (χ0v) is 18.7. The van der Waals surface area contributed by atoms with Crippen molar-refractivity contribution in [3.05, 3.63) is 35.9 Å². The molecule has 0 unspecified atom stereocenters. The molecule has 1 aromatic carbocycles. The molecule has 3 rings (SSSR count). The second-order valence-corrected chi connectivity index (χ2v) is 9.29. The van der Waals surface area contributed by atoms with Crippen molar-refractivity contribution in [3.8, 4) is 0 Å². The molecular weight excluding hydrogens is 380 g/mol. The van der Waals surface area contributed by atoms with Gasteiger partial charge in [0.15, 0.2) is 0 Å². The standard InChI is InChI=1S/C23H36N4O3/c1-23(2,3)30-22(29)27(20-16-19(20)17-8-6-5-7-9-17)18-10-13-26(14-11-18)15-12-25-21(28)24-4/h5-9,18-20H,10-16H2,1-4H3,(H2,24,25,28)/t19-,20+/m0/s1. The molecular formula is C23H36N4O3. The Balaban J connectivity index is 1.59. The van der Waals surface area contributed by atoms with Gasteiger partial charge >= 0.3 is 12.1 Å². The van der Waals surface area contributed by atoms with Crippen LogP contribution in [0, 0.1) is 0 Å².